The Morgan fingerprint density at radius 2 is 1.87 bits per heavy atom. The van der Waals surface area contributed by atoms with Crippen LogP contribution in [0, 0.1) is 13.8 Å². The van der Waals surface area contributed by atoms with Crippen LogP contribution in [0.1, 0.15) is 37.7 Å². The van der Waals surface area contributed by atoms with E-state index in [4.69, 9.17) is 14.2 Å². The maximum atomic E-state index is 12.9. The van der Waals surface area contributed by atoms with E-state index in [0.717, 1.165) is 5.56 Å². The smallest absolute Gasteiger partial charge is 0.340 e. The summed E-state index contributed by atoms with van der Waals surface area (Å²) in [7, 11) is 1.52. The van der Waals surface area contributed by atoms with Gasteiger partial charge in [0.25, 0.3) is 5.91 Å². The van der Waals surface area contributed by atoms with Gasteiger partial charge >= 0.3 is 5.97 Å². The number of rotatable bonds is 9. The van der Waals surface area contributed by atoms with Gasteiger partial charge in [0, 0.05) is 31.4 Å². The molecule has 3 heterocycles. The van der Waals surface area contributed by atoms with Crippen LogP contribution in [0.15, 0.2) is 42.9 Å². The first-order valence-corrected chi connectivity index (χ1v) is 9.64. The molecule has 0 spiro atoms. The predicted molar refractivity (Wildman–Crippen MR) is 113 cm³/mol. The van der Waals surface area contributed by atoms with Crippen molar-refractivity contribution in [3.63, 3.8) is 0 Å². The van der Waals surface area contributed by atoms with E-state index in [-0.39, 0.29) is 18.1 Å². The van der Waals surface area contributed by atoms with Gasteiger partial charge in [0.05, 0.1) is 12.2 Å². The molecule has 0 fully saturated rings. The van der Waals surface area contributed by atoms with Crippen LogP contribution in [0.5, 0.6) is 5.75 Å². The van der Waals surface area contributed by atoms with Gasteiger partial charge in [-0.3, -0.25) is 9.78 Å². The largest absolute Gasteiger partial charge is 0.485 e. The van der Waals surface area contributed by atoms with Crippen LogP contribution in [-0.2, 0) is 16.1 Å². The van der Waals surface area contributed by atoms with E-state index >= 15 is 0 Å². The number of anilines is 1. The molecule has 0 aliphatic carbocycles. The van der Waals surface area contributed by atoms with Gasteiger partial charge in [0.2, 0.25) is 0 Å². The standard InChI is InChI=1S/C22H24N4O5/c1-14-18(22(28)30-12-11-29-3)15(2)25-19(14)21(27)26-20-17(5-4-8-24-20)31-13-16-6-9-23-10-7-16/h4-10,25H,11-13H2,1-3H3,(H,24,26,27). The molecule has 31 heavy (non-hydrogen) atoms. The van der Waals surface area contributed by atoms with Crippen molar-refractivity contribution in [2.45, 2.75) is 20.5 Å². The van der Waals surface area contributed by atoms with Gasteiger partial charge in [-0.25, -0.2) is 9.78 Å². The Morgan fingerprint density at radius 3 is 2.61 bits per heavy atom. The molecule has 0 saturated heterocycles. The normalized spacial score (nSPS) is 10.5. The maximum Gasteiger partial charge on any atom is 0.340 e. The highest BCUT2D eigenvalue weighted by Gasteiger charge is 2.24. The fourth-order valence-electron chi connectivity index (χ4n) is 2.98. The first-order chi connectivity index (χ1) is 15.0. The highest BCUT2D eigenvalue weighted by atomic mass is 16.6. The number of carbonyl (C=O) groups excluding carboxylic acids is 2. The van der Waals surface area contributed by atoms with Crippen LogP contribution in [0.4, 0.5) is 5.82 Å². The molecule has 0 bridgehead atoms. The average Bonchev–Trinajstić information content (AvgIpc) is 3.08. The first-order valence-electron chi connectivity index (χ1n) is 9.64. The molecule has 2 N–H and O–H groups in total. The Bertz CT molecular complexity index is 1050. The summed E-state index contributed by atoms with van der Waals surface area (Å²) in [6.07, 6.45) is 4.91. The number of amides is 1. The number of hydrogen-bond acceptors (Lipinski definition) is 7. The highest BCUT2D eigenvalue weighted by Crippen LogP contribution is 2.24. The van der Waals surface area contributed by atoms with Gasteiger partial charge in [0.15, 0.2) is 11.6 Å². The zero-order chi connectivity index (χ0) is 22.2. The second kappa shape index (κ2) is 10.4. The molecule has 0 aromatic carbocycles. The second-order valence-corrected chi connectivity index (χ2v) is 6.70. The van der Waals surface area contributed by atoms with Crippen molar-refractivity contribution in [3.05, 3.63) is 70.9 Å². The summed E-state index contributed by atoms with van der Waals surface area (Å²) < 4.78 is 15.9. The zero-order valence-corrected chi connectivity index (χ0v) is 17.6. The molecule has 0 aliphatic heterocycles. The maximum absolute atomic E-state index is 12.9. The number of hydrogen-bond donors (Lipinski definition) is 2. The minimum absolute atomic E-state index is 0.132. The molecule has 0 radical (unpaired) electrons. The van der Waals surface area contributed by atoms with Crippen LogP contribution in [0.25, 0.3) is 0 Å². The Balaban J connectivity index is 1.73. The fourth-order valence-corrected chi connectivity index (χ4v) is 2.98. The van der Waals surface area contributed by atoms with Gasteiger partial charge < -0.3 is 24.5 Å². The number of esters is 1. The molecule has 0 saturated carbocycles. The SMILES string of the molecule is COCCOC(=O)c1c(C)[nH]c(C(=O)Nc2ncccc2OCc2ccncc2)c1C. The Morgan fingerprint density at radius 1 is 1.10 bits per heavy atom. The van der Waals surface area contributed by atoms with Crippen molar-refractivity contribution in [3.8, 4) is 5.75 Å². The monoisotopic (exact) mass is 424 g/mol. The van der Waals surface area contributed by atoms with E-state index in [2.05, 4.69) is 20.3 Å². The van der Waals surface area contributed by atoms with E-state index in [1.54, 1.807) is 44.6 Å². The number of H-pyrrole nitrogens is 1. The van der Waals surface area contributed by atoms with Crippen molar-refractivity contribution in [1.82, 2.24) is 15.0 Å². The summed E-state index contributed by atoms with van der Waals surface area (Å²) >= 11 is 0. The van der Waals surface area contributed by atoms with E-state index in [1.165, 1.54) is 7.11 Å². The Hall–Kier alpha value is -3.72. The second-order valence-electron chi connectivity index (χ2n) is 6.70. The van der Waals surface area contributed by atoms with Crippen molar-refractivity contribution in [2.24, 2.45) is 0 Å². The molecular formula is C22H24N4O5. The van der Waals surface area contributed by atoms with Gasteiger partial charge in [-0.2, -0.15) is 0 Å². The molecule has 1 amide bonds. The van der Waals surface area contributed by atoms with E-state index in [0.29, 0.717) is 35.8 Å². The van der Waals surface area contributed by atoms with E-state index in [9.17, 15) is 9.59 Å². The molecular weight excluding hydrogens is 400 g/mol. The van der Waals surface area contributed by atoms with Crippen molar-refractivity contribution in [1.29, 1.82) is 0 Å². The number of methoxy groups -OCH3 is 1. The first kappa shape index (κ1) is 22.0. The fraction of sp³-hybridized carbons (Fsp3) is 0.273. The highest BCUT2D eigenvalue weighted by molar-refractivity contribution is 6.07. The minimum Gasteiger partial charge on any atom is -0.485 e. The van der Waals surface area contributed by atoms with Gasteiger partial charge in [-0.15, -0.1) is 0 Å². The molecule has 0 unspecified atom stereocenters. The third kappa shape index (κ3) is 5.46. The number of aromatic nitrogens is 3. The number of nitrogens with zero attached hydrogens (tertiary/aromatic N) is 2. The summed E-state index contributed by atoms with van der Waals surface area (Å²) in [6.45, 7) is 4.12. The summed E-state index contributed by atoms with van der Waals surface area (Å²) in [4.78, 5) is 36.4. The number of pyridine rings is 2. The molecule has 9 nitrogen and oxygen atoms in total. The number of nitrogens with one attached hydrogen (secondary N) is 2. The molecule has 9 heteroatoms. The van der Waals surface area contributed by atoms with Crippen LogP contribution >= 0.6 is 0 Å². The summed E-state index contributed by atoms with van der Waals surface area (Å²) in [6, 6.07) is 7.12. The van der Waals surface area contributed by atoms with Crippen molar-refractivity contribution < 1.29 is 23.8 Å². The van der Waals surface area contributed by atoms with Crippen LogP contribution in [0.3, 0.4) is 0 Å². The van der Waals surface area contributed by atoms with Crippen LogP contribution in [-0.4, -0.2) is 47.2 Å². The molecule has 3 rings (SSSR count). The summed E-state index contributed by atoms with van der Waals surface area (Å²) in [5, 5.41) is 2.74. The van der Waals surface area contributed by atoms with E-state index < -0.39 is 11.9 Å². The quantitative estimate of drug-likeness (QED) is 0.401. The van der Waals surface area contributed by atoms with Crippen LogP contribution in [0.2, 0.25) is 0 Å². The van der Waals surface area contributed by atoms with Gasteiger partial charge in [-0.05, 0) is 49.2 Å². The average molecular weight is 424 g/mol. The minimum atomic E-state index is -0.512. The lowest BCUT2D eigenvalue weighted by atomic mass is 10.1. The van der Waals surface area contributed by atoms with Crippen molar-refractivity contribution in [2.75, 3.05) is 25.6 Å². The Kier molecular flexibility index (Phi) is 7.34. The number of ether oxygens (including phenoxy) is 3. The number of aromatic amines is 1. The third-order valence-corrected chi connectivity index (χ3v) is 4.54. The lowest BCUT2D eigenvalue weighted by Gasteiger charge is -2.11. The number of carbonyl (C=O) groups is 2. The third-order valence-electron chi connectivity index (χ3n) is 4.54. The van der Waals surface area contributed by atoms with E-state index in [1.807, 2.05) is 12.1 Å². The topological polar surface area (TPSA) is 115 Å². The lowest BCUT2D eigenvalue weighted by Crippen LogP contribution is -2.16. The summed E-state index contributed by atoms with van der Waals surface area (Å²) in [5.41, 5.74) is 2.55. The van der Waals surface area contributed by atoms with Crippen LogP contribution < -0.4 is 10.1 Å². The summed E-state index contributed by atoms with van der Waals surface area (Å²) in [5.74, 6) is -0.254. The molecule has 3 aromatic rings. The molecule has 162 valence electrons. The van der Waals surface area contributed by atoms with Crippen molar-refractivity contribution >= 4 is 17.7 Å². The molecule has 0 aliphatic rings. The number of aryl methyl sites for hydroxylation is 1. The molecule has 0 atom stereocenters. The molecule has 3 aromatic heterocycles. The lowest BCUT2D eigenvalue weighted by molar-refractivity contribution is 0.0387. The zero-order valence-electron chi connectivity index (χ0n) is 17.6. The Labute approximate surface area is 179 Å². The van der Waals surface area contributed by atoms with Gasteiger partial charge in [-0.1, -0.05) is 0 Å². The predicted octanol–water partition coefficient (Wildman–Crippen LogP) is 3.06. The van der Waals surface area contributed by atoms with Gasteiger partial charge in [0.1, 0.15) is 18.9 Å².